The Bertz CT molecular complexity index is 3170. The van der Waals surface area contributed by atoms with Gasteiger partial charge < -0.3 is 0 Å². The van der Waals surface area contributed by atoms with Crippen LogP contribution in [-0.4, -0.2) is 18.1 Å². The van der Waals surface area contributed by atoms with Gasteiger partial charge in [-0.25, -0.2) is 87.8 Å². The number of hydrogen-bond donors (Lipinski definition) is 0. The number of benzene rings is 8. The number of carbonyl (C=O) groups excluding carboxylic acids is 1. The molecule has 0 radical (unpaired) electrons. The largest absolute Gasteiger partial charge is 0.290 e. The van der Waals surface area contributed by atoms with E-state index >= 15 is 35.1 Å². The third-order valence-corrected chi connectivity index (χ3v) is 16.9. The molecule has 0 aromatic heterocycles. The fraction of sp³-hybridized carbons (Fsp3) is 0.0200. The molecule has 8 rings (SSSR count). The van der Waals surface area contributed by atoms with E-state index in [-0.39, 0.29) is 5.78 Å². The van der Waals surface area contributed by atoms with Gasteiger partial charge in [-0.05, 0) is 54.6 Å². The van der Waals surface area contributed by atoms with E-state index < -0.39 is 152 Å². The zero-order valence-electron chi connectivity index (χ0n) is 36.6. The summed E-state index contributed by atoms with van der Waals surface area (Å²) in [5.74, 6) is -71.3. The van der Waals surface area contributed by atoms with E-state index in [0.717, 1.165) is 15.9 Å². The molecule has 0 fully saturated rings. The van der Waals surface area contributed by atoms with Crippen molar-refractivity contribution in [1.29, 1.82) is 0 Å². The lowest BCUT2D eigenvalue weighted by Crippen LogP contribution is -2.81. The lowest BCUT2D eigenvalue weighted by atomic mass is 9.12. The van der Waals surface area contributed by atoms with Gasteiger partial charge >= 0.3 is 0 Å². The highest BCUT2D eigenvalue weighted by atomic mass is 35.5. The van der Waals surface area contributed by atoms with Crippen LogP contribution in [0.2, 0.25) is 15.1 Å². The van der Waals surface area contributed by atoms with E-state index in [1.807, 2.05) is 103 Å². The lowest BCUT2D eigenvalue weighted by molar-refractivity contribution is 0.102. The van der Waals surface area contributed by atoms with Gasteiger partial charge in [0.25, 0.3) is 0 Å². The first-order valence-electron chi connectivity index (χ1n) is 20.7. The van der Waals surface area contributed by atoms with E-state index in [1.165, 1.54) is 0 Å². The predicted octanol–water partition coefficient (Wildman–Crippen LogP) is 12.7. The van der Waals surface area contributed by atoms with Crippen molar-refractivity contribution in [3.63, 3.8) is 0 Å². The second-order valence-electron chi connectivity index (χ2n) is 16.0. The minimum Gasteiger partial charge on any atom is -0.290 e. The summed E-state index contributed by atoms with van der Waals surface area (Å²) in [5, 5.41) is 4.89. The zero-order chi connectivity index (χ0) is 56.2. The van der Waals surface area contributed by atoms with Gasteiger partial charge in [-0.2, -0.15) is 0 Å². The van der Waals surface area contributed by atoms with Crippen LogP contribution in [0.5, 0.6) is 0 Å². The third-order valence-electron chi connectivity index (χ3n) is 11.9. The molecule has 0 aliphatic rings. The molecule has 0 saturated heterocycles. The van der Waals surface area contributed by atoms with Crippen molar-refractivity contribution < 1.29 is 92.6 Å². The van der Waals surface area contributed by atoms with Gasteiger partial charge in [0.15, 0.2) is 69.8 Å². The summed E-state index contributed by atoms with van der Waals surface area (Å²) in [4.78, 5) is 13.6. The Labute approximate surface area is 429 Å². The highest BCUT2D eigenvalue weighted by molar-refractivity contribution is 7.96. The minimum atomic E-state index is -7.22. The van der Waals surface area contributed by atoms with Crippen molar-refractivity contribution in [3.05, 3.63) is 240 Å². The molecular formula is C50H19BCl3F20OP. The number of halogens is 23. The Morgan fingerprint density at radius 3 is 0.763 bits per heavy atom. The molecule has 8 aromatic rings. The van der Waals surface area contributed by atoms with Crippen LogP contribution in [0.4, 0.5) is 87.8 Å². The second-order valence-corrected chi connectivity index (χ2v) is 20.8. The topological polar surface area (TPSA) is 17.1 Å². The number of rotatable bonds is 10. The predicted molar refractivity (Wildman–Crippen MR) is 245 cm³/mol. The van der Waals surface area contributed by atoms with Crippen LogP contribution < -0.4 is 37.8 Å². The summed E-state index contributed by atoms with van der Waals surface area (Å²) < 4.78 is 294. The molecule has 0 heterocycles. The first-order valence-corrected chi connectivity index (χ1v) is 23.8. The van der Waals surface area contributed by atoms with Gasteiger partial charge in [0.1, 0.15) is 82.0 Å². The summed E-state index contributed by atoms with van der Waals surface area (Å²) in [7, 11) is -2.46. The molecule has 8 aromatic carbocycles. The van der Waals surface area contributed by atoms with Crippen LogP contribution in [0.15, 0.2) is 103 Å². The number of hydrogen-bond acceptors (Lipinski definition) is 1. The maximum absolute atomic E-state index is 15.4. The lowest BCUT2D eigenvalue weighted by Gasteiger charge is -2.44. The molecule has 394 valence electrons. The van der Waals surface area contributed by atoms with Crippen LogP contribution in [0.25, 0.3) is 0 Å². The Hall–Kier alpha value is -6.61. The van der Waals surface area contributed by atoms with Crippen molar-refractivity contribution in [2.24, 2.45) is 0 Å². The molecule has 0 saturated carbocycles. The van der Waals surface area contributed by atoms with Crippen molar-refractivity contribution in [2.75, 3.05) is 6.16 Å². The SMILES string of the molecule is Fc1c(F)c(F)c([B-](c2c(F)c(F)c(F)c(F)c2F)(c2c(F)c(F)c(F)c(F)c2F)c2c(F)c(F)c(F)c(F)c2F)c(F)c1F.O=C(C[P+](c1cccc(Cl)c1)(c1cccc(Cl)c1)c1cccc(Cl)c1)c1ccccc1. The minimum absolute atomic E-state index is 0.0638. The second kappa shape index (κ2) is 21.8. The molecule has 0 bridgehead atoms. The van der Waals surface area contributed by atoms with Gasteiger partial charge in [-0.15, -0.1) is 21.9 Å². The molecule has 0 amide bonds. The fourth-order valence-electron chi connectivity index (χ4n) is 8.67. The molecule has 0 atom stereocenters. The van der Waals surface area contributed by atoms with E-state index in [9.17, 15) is 57.5 Å². The number of ketones is 1. The summed E-state index contributed by atoms with van der Waals surface area (Å²) in [6.07, 6.45) is -6.91. The van der Waals surface area contributed by atoms with Crippen LogP contribution in [-0.2, 0) is 0 Å². The van der Waals surface area contributed by atoms with E-state index in [2.05, 4.69) is 0 Å². The number of Topliss-reactive ketones (excluding diaryl/α,β-unsaturated/α-hetero) is 1. The van der Waals surface area contributed by atoms with Crippen molar-refractivity contribution in [1.82, 2.24) is 0 Å². The Kier molecular flexibility index (Phi) is 16.4. The first-order chi connectivity index (χ1) is 35.7. The van der Waals surface area contributed by atoms with Crippen molar-refractivity contribution in [2.45, 2.75) is 0 Å². The van der Waals surface area contributed by atoms with Crippen LogP contribution >= 0.6 is 42.1 Å². The molecule has 0 unspecified atom stereocenters. The molecule has 0 N–H and O–H groups in total. The summed E-state index contributed by atoms with van der Waals surface area (Å²) in [6, 6.07) is 32.7. The molecule has 1 nitrogen and oxygen atoms in total. The molecule has 26 heteroatoms. The van der Waals surface area contributed by atoms with Gasteiger partial charge in [-0.3, -0.25) is 4.79 Å². The van der Waals surface area contributed by atoms with Gasteiger partial charge in [0.05, 0.1) is 0 Å². The van der Waals surface area contributed by atoms with Crippen molar-refractivity contribution >= 4 is 91.8 Å². The molecular weight excluding hydrogens is 1140 g/mol. The first kappa shape index (κ1) is 57.1. The van der Waals surface area contributed by atoms with Crippen molar-refractivity contribution in [3.8, 4) is 0 Å². The van der Waals surface area contributed by atoms with E-state index in [4.69, 9.17) is 34.8 Å². The quantitative estimate of drug-likeness (QED) is 0.0333. The smallest absolute Gasteiger partial charge is 0.201 e. The van der Waals surface area contributed by atoms with Crippen LogP contribution in [0, 0.1) is 116 Å². The average Bonchev–Trinajstić information content (AvgIpc) is 3.42. The third kappa shape index (κ3) is 9.34. The molecule has 0 spiro atoms. The zero-order valence-corrected chi connectivity index (χ0v) is 39.8. The molecule has 0 aliphatic carbocycles. The fourth-order valence-corrected chi connectivity index (χ4v) is 13.6. The molecule has 76 heavy (non-hydrogen) atoms. The van der Waals surface area contributed by atoms with Crippen LogP contribution in [0.3, 0.4) is 0 Å². The maximum Gasteiger partial charge on any atom is 0.201 e. The maximum atomic E-state index is 15.4. The normalized spacial score (nSPS) is 11.7. The Morgan fingerprint density at radius 1 is 0.316 bits per heavy atom. The Balaban J connectivity index is 0.000000236. The standard InChI is InChI=1S/C26H19Cl3OP.C24BF20/c27-20-9-4-12-23(15-20)31(24-13-5-10-21(28)16-24,25-14-6-11-22(29)17-25)18-26(30)19-7-2-1-3-8-19;26-5-1(6(27)14(35)21(42)13(5)34)25(2-7(28)15(36)22(43)16(37)8(2)29,3-9(30)17(38)23(44)18(39)10(3)31)4-11(32)19(40)24(45)20(41)12(4)33/h1-17H,18H2;/q+1;-1. The highest BCUT2D eigenvalue weighted by Gasteiger charge is 2.53. The number of carbonyl (C=O) groups is 1. The van der Waals surface area contributed by atoms with E-state index in [0.29, 0.717) is 26.8 Å². The average molecular weight is 1160 g/mol. The monoisotopic (exact) mass is 1160 g/mol. The Morgan fingerprint density at radius 2 is 0.539 bits per heavy atom. The summed E-state index contributed by atoms with van der Waals surface area (Å²) in [5.41, 5.74) is -13.7. The van der Waals surface area contributed by atoms with Gasteiger partial charge in [0.2, 0.25) is 5.78 Å². The van der Waals surface area contributed by atoms with Gasteiger partial charge in [0, 0.05) is 20.6 Å². The molecule has 0 aliphatic heterocycles. The van der Waals surface area contributed by atoms with Gasteiger partial charge in [-0.1, -0.05) is 83.3 Å². The van der Waals surface area contributed by atoms with E-state index in [1.54, 1.807) is 0 Å². The summed E-state index contributed by atoms with van der Waals surface area (Å²) >= 11 is 19.3. The van der Waals surface area contributed by atoms with Crippen LogP contribution in [0.1, 0.15) is 10.4 Å². The summed E-state index contributed by atoms with van der Waals surface area (Å²) in [6.45, 7) is 0. The highest BCUT2D eigenvalue weighted by Crippen LogP contribution is 2.56.